The van der Waals surface area contributed by atoms with Crippen LogP contribution in [0, 0.1) is 0 Å². The van der Waals surface area contributed by atoms with Gasteiger partial charge in [0.25, 0.3) is 0 Å². The van der Waals surface area contributed by atoms with Gasteiger partial charge in [-0.1, -0.05) is 66.9 Å². The number of benzene rings is 1. The molecule has 0 unspecified atom stereocenters. The van der Waals surface area contributed by atoms with Gasteiger partial charge in [-0.3, -0.25) is 0 Å². The molecule has 1 aromatic carbocycles. The van der Waals surface area contributed by atoms with Crippen molar-refractivity contribution in [3.05, 3.63) is 28.8 Å². The summed E-state index contributed by atoms with van der Waals surface area (Å²) in [7, 11) is 0. The number of rotatable bonds is 4. The van der Waals surface area contributed by atoms with Gasteiger partial charge in [0.05, 0.1) is 0 Å². The van der Waals surface area contributed by atoms with Crippen molar-refractivity contribution >= 4 is 0 Å². The van der Waals surface area contributed by atoms with E-state index in [1.54, 1.807) is 0 Å². The number of aromatic hydroxyl groups is 1. The molecule has 1 aromatic rings. The maximum Gasteiger partial charge on any atom is 0.119 e. The summed E-state index contributed by atoms with van der Waals surface area (Å²) in [5, 5.41) is 14.4. The number of hydrogen-bond acceptors (Lipinski definition) is 2. The van der Waals surface area contributed by atoms with Crippen LogP contribution >= 0.6 is 0 Å². The van der Waals surface area contributed by atoms with Crippen molar-refractivity contribution in [2.24, 2.45) is 0 Å². The monoisotopic (exact) mass is 331 g/mol. The van der Waals surface area contributed by atoms with Crippen LogP contribution in [0.15, 0.2) is 12.1 Å². The fraction of sp³-hybridized carbons (Fsp3) is 0.727. The molecule has 0 bridgehead atoms. The Morgan fingerprint density at radius 2 is 1.58 bits per heavy atom. The van der Waals surface area contributed by atoms with Gasteiger partial charge in [0.2, 0.25) is 0 Å². The molecule has 2 nitrogen and oxygen atoms in total. The molecule has 1 aliphatic carbocycles. The van der Waals surface area contributed by atoms with E-state index in [1.165, 1.54) is 43.2 Å². The second-order valence-electron chi connectivity index (χ2n) is 9.56. The first-order valence-electron chi connectivity index (χ1n) is 9.69. The molecule has 0 spiro atoms. The van der Waals surface area contributed by atoms with Crippen LogP contribution in [0.4, 0.5) is 0 Å². The molecule has 0 saturated heterocycles. The van der Waals surface area contributed by atoms with Crippen molar-refractivity contribution in [2.75, 3.05) is 6.54 Å². The maximum atomic E-state index is 10.7. The molecule has 0 heterocycles. The van der Waals surface area contributed by atoms with Gasteiger partial charge in [-0.15, -0.1) is 0 Å². The van der Waals surface area contributed by atoms with Gasteiger partial charge in [0.1, 0.15) is 5.75 Å². The molecule has 136 valence electrons. The predicted octanol–water partition coefficient (Wildman–Crippen LogP) is 5.45. The third-order valence-corrected chi connectivity index (χ3v) is 5.31. The molecule has 0 atom stereocenters. The summed E-state index contributed by atoms with van der Waals surface area (Å²) >= 11 is 0. The van der Waals surface area contributed by atoms with E-state index in [2.05, 4.69) is 52.9 Å². The Kier molecular flexibility index (Phi) is 6.01. The largest absolute Gasteiger partial charge is 0.508 e. The fourth-order valence-corrected chi connectivity index (χ4v) is 3.73. The number of phenolic OH excluding ortho intramolecular Hbond substituents is 1. The van der Waals surface area contributed by atoms with Crippen molar-refractivity contribution in [3.8, 4) is 5.75 Å². The third-order valence-electron chi connectivity index (χ3n) is 5.31. The van der Waals surface area contributed by atoms with E-state index in [-0.39, 0.29) is 10.8 Å². The Morgan fingerprint density at radius 3 is 2.12 bits per heavy atom. The van der Waals surface area contributed by atoms with Crippen LogP contribution in [0.1, 0.15) is 90.3 Å². The minimum Gasteiger partial charge on any atom is -0.508 e. The van der Waals surface area contributed by atoms with E-state index >= 15 is 0 Å². The second-order valence-corrected chi connectivity index (χ2v) is 9.56. The lowest BCUT2D eigenvalue weighted by Crippen LogP contribution is -2.33. The summed E-state index contributed by atoms with van der Waals surface area (Å²) in [6.07, 6.45) is 7.62. The first-order chi connectivity index (χ1) is 11.1. The lowest BCUT2D eigenvalue weighted by Gasteiger charge is -2.29. The topological polar surface area (TPSA) is 32.3 Å². The molecule has 1 fully saturated rings. The molecule has 0 aliphatic heterocycles. The summed E-state index contributed by atoms with van der Waals surface area (Å²) in [5.41, 5.74) is 3.72. The van der Waals surface area contributed by atoms with Gasteiger partial charge < -0.3 is 10.4 Å². The van der Waals surface area contributed by atoms with Gasteiger partial charge in [0, 0.05) is 6.04 Å². The fourth-order valence-electron chi connectivity index (χ4n) is 3.73. The Balaban J connectivity index is 2.18. The van der Waals surface area contributed by atoms with E-state index in [4.69, 9.17) is 0 Å². The Bertz CT molecular complexity index is 542. The standard InChI is InChI=1S/C22H37NO/c1-21(2,3)16-14-19(22(4,5)6)18(20(24)15-16)12-13-23-17-10-8-7-9-11-17/h14-15,17,23-24H,7-13H2,1-6H3. The summed E-state index contributed by atoms with van der Waals surface area (Å²) in [6, 6.07) is 4.97. The van der Waals surface area contributed by atoms with Crippen molar-refractivity contribution in [1.82, 2.24) is 5.32 Å². The van der Waals surface area contributed by atoms with Gasteiger partial charge in [-0.2, -0.15) is 0 Å². The minimum atomic E-state index is 0.0406. The second kappa shape index (κ2) is 7.47. The zero-order valence-corrected chi connectivity index (χ0v) is 16.6. The average Bonchev–Trinajstić information content (AvgIpc) is 2.47. The summed E-state index contributed by atoms with van der Waals surface area (Å²) in [5.74, 6) is 0.470. The highest BCUT2D eigenvalue weighted by molar-refractivity contribution is 5.48. The molecular weight excluding hydrogens is 294 g/mol. The van der Waals surface area contributed by atoms with E-state index in [1.807, 2.05) is 6.07 Å². The Labute approximate surface area is 149 Å². The average molecular weight is 332 g/mol. The summed E-state index contributed by atoms with van der Waals surface area (Å²) in [4.78, 5) is 0. The van der Waals surface area contributed by atoms with Gasteiger partial charge in [0.15, 0.2) is 0 Å². The van der Waals surface area contributed by atoms with Crippen LogP contribution in [0.5, 0.6) is 5.75 Å². The number of phenols is 1. The van der Waals surface area contributed by atoms with E-state index in [0.29, 0.717) is 11.8 Å². The minimum absolute atomic E-state index is 0.0406. The molecule has 2 rings (SSSR count). The molecule has 0 amide bonds. The smallest absolute Gasteiger partial charge is 0.119 e. The number of hydrogen-bond donors (Lipinski definition) is 2. The van der Waals surface area contributed by atoms with Crippen molar-refractivity contribution in [2.45, 2.75) is 96.9 Å². The Morgan fingerprint density at radius 1 is 0.958 bits per heavy atom. The first-order valence-corrected chi connectivity index (χ1v) is 9.69. The third kappa shape index (κ3) is 4.99. The Hall–Kier alpha value is -1.02. The zero-order chi connectivity index (χ0) is 18.0. The summed E-state index contributed by atoms with van der Waals surface area (Å²) in [6.45, 7) is 14.3. The molecule has 1 saturated carbocycles. The molecule has 2 heteroatoms. The maximum absolute atomic E-state index is 10.7. The van der Waals surface area contributed by atoms with E-state index in [0.717, 1.165) is 18.5 Å². The van der Waals surface area contributed by atoms with Gasteiger partial charge in [-0.25, -0.2) is 0 Å². The predicted molar refractivity (Wildman–Crippen MR) is 104 cm³/mol. The van der Waals surface area contributed by atoms with Crippen LogP contribution in [-0.2, 0) is 17.3 Å². The highest BCUT2D eigenvalue weighted by Gasteiger charge is 2.25. The van der Waals surface area contributed by atoms with Crippen molar-refractivity contribution in [1.29, 1.82) is 0 Å². The molecule has 2 N–H and O–H groups in total. The molecule has 0 aromatic heterocycles. The van der Waals surface area contributed by atoms with E-state index < -0.39 is 0 Å². The quantitative estimate of drug-likeness (QED) is 0.768. The van der Waals surface area contributed by atoms with Crippen LogP contribution in [0.25, 0.3) is 0 Å². The zero-order valence-electron chi connectivity index (χ0n) is 16.6. The molecule has 1 aliphatic rings. The van der Waals surface area contributed by atoms with Gasteiger partial charge in [-0.05, 0) is 59.4 Å². The molecular formula is C22H37NO. The van der Waals surface area contributed by atoms with Crippen LogP contribution in [-0.4, -0.2) is 17.7 Å². The normalized spacial score (nSPS) is 17.2. The van der Waals surface area contributed by atoms with E-state index in [9.17, 15) is 5.11 Å². The van der Waals surface area contributed by atoms with Crippen LogP contribution in [0.2, 0.25) is 0 Å². The number of nitrogens with one attached hydrogen (secondary N) is 1. The van der Waals surface area contributed by atoms with Crippen LogP contribution in [0.3, 0.4) is 0 Å². The highest BCUT2D eigenvalue weighted by atomic mass is 16.3. The van der Waals surface area contributed by atoms with Crippen LogP contribution < -0.4 is 5.32 Å². The molecule has 0 radical (unpaired) electrons. The highest BCUT2D eigenvalue weighted by Crippen LogP contribution is 2.36. The van der Waals surface area contributed by atoms with Crippen molar-refractivity contribution < 1.29 is 5.11 Å². The summed E-state index contributed by atoms with van der Waals surface area (Å²) < 4.78 is 0. The van der Waals surface area contributed by atoms with Gasteiger partial charge >= 0.3 is 0 Å². The lowest BCUT2D eigenvalue weighted by atomic mass is 9.77. The molecule has 24 heavy (non-hydrogen) atoms. The first kappa shape index (κ1) is 19.3. The lowest BCUT2D eigenvalue weighted by molar-refractivity contribution is 0.373. The van der Waals surface area contributed by atoms with Crippen molar-refractivity contribution in [3.63, 3.8) is 0 Å². The SMILES string of the molecule is CC(C)(C)c1cc(O)c(CCNC2CCCCC2)c(C(C)(C)C)c1.